The molecule has 0 aliphatic heterocycles. The second-order valence-electron chi connectivity index (χ2n) is 4.70. The van der Waals surface area contributed by atoms with Crippen LogP contribution in [0.5, 0.6) is 11.5 Å². The molecule has 0 spiro atoms. The number of esters is 1. The Morgan fingerprint density at radius 3 is 2.38 bits per heavy atom. The number of halogens is 1. The summed E-state index contributed by atoms with van der Waals surface area (Å²) in [5.74, 6) is -0.854. The third kappa shape index (κ3) is 4.45. The number of nitrogens with one attached hydrogen (secondary N) is 1. The highest BCUT2D eigenvalue weighted by Gasteiger charge is 2.16. The summed E-state index contributed by atoms with van der Waals surface area (Å²) in [5, 5.41) is 2.49. The van der Waals surface area contributed by atoms with Gasteiger partial charge in [0.25, 0.3) is 5.91 Å². The van der Waals surface area contributed by atoms with Gasteiger partial charge in [-0.2, -0.15) is 0 Å². The lowest BCUT2D eigenvalue weighted by Gasteiger charge is -2.10. The van der Waals surface area contributed by atoms with Gasteiger partial charge in [0.05, 0.1) is 14.2 Å². The number of methoxy groups -OCH3 is 2. The smallest absolute Gasteiger partial charge is 0.342 e. The molecule has 0 fully saturated rings. The van der Waals surface area contributed by atoms with E-state index in [1.807, 2.05) is 0 Å². The largest absolute Gasteiger partial charge is 0.497 e. The van der Waals surface area contributed by atoms with Crippen molar-refractivity contribution in [3.63, 3.8) is 0 Å². The molecule has 2 aromatic rings. The van der Waals surface area contributed by atoms with Crippen molar-refractivity contribution >= 4 is 17.6 Å². The Morgan fingerprint density at radius 1 is 1.04 bits per heavy atom. The molecule has 0 saturated heterocycles. The van der Waals surface area contributed by atoms with Gasteiger partial charge in [0.15, 0.2) is 6.61 Å². The van der Waals surface area contributed by atoms with Crippen LogP contribution in [0.3, 0.4) is 0 Å². The maximum absolute atomic E-state index is 12.8. The molecule has 6 nitrogen and oxygen atoms in total. The maximum Gasteiger partial charge on any atom is 0.342 e. The van der Waals surface area contributed by atoms with Crippen molar-refractivity contribution in [3.8, 4) is 11.5 Å². The minimum absolute atomic E-state index is 0.174. The number of hydrogen-bond donors (Lipinski definition) is 1. The quantitative estimate of drug-likeness (QED) is 0.823. The first-order chi connectivity index (χ1) is 11.5. The van der Waals surface area contributed by atoms with E-state index >= 15 is 0 Å². The number of hydrogen-bond acceptors (Lipinski definition) is 5. The van der Waals surface area contributed by atoms with Crippen molar-refractivity contribution in [1.82, 2.24) is 0 Å². The van der Waals surface area contributed by atoms with Crippen molar-refractivity contribution in [2.24, 2.45) is 0 Å². The number of rotatable bonds is 6. The van der Waals surface area contributed by atoms with E-state index in [1.165, 1.54) is 50.6 Å². The molecule has 7 heteroatoms. The third-order valence-corrected chi connectivity index (χ3v) is 3.09. The molecule has 0 heterocycles. The van der Waals surface area contributed by atoms with Gasteiger partial charge in [0, 0.05) is 11.8 Å². The van der Waals surface area contributed by atoms with Crippen molar-refractivity contribution in [2.75, 3.05) is 26.1 Å². The van der Waals surface area contributed by atoms with Gasteiger partial charge in [-0.05, 0) is 36.4 Å². The fourth-order valence-electron chi connectivity index (χ4n) is 1.91. The average Bonchev–Trinajstić information content (AvgIpc) is 2.61. The normalized spacial score (nSPS) is 9.96. The zero-order valence-corrected chi connectivity index (χ0v) is 13.2. The lowest BCUT2D eigenvalue weighted by atomic mass is 10.2. The molecule has 24 heavy (non-hydrogen) atoms. The first-order valence-electron chi connectivity index (χ1n) is 6.98. The van der Waals surface area contributed by atoms with Gasteiger partial charge >= 0.3 is 5.97 Å². The average molecular weight is 333 g/mol. The van der Waals surface area contributed by atoms with Gasteiger partial charge in [-0.15, -0.1) is 0 Å². The Kier molecular flexibility index (Phi) is 5.73. The standard InChI is InChI=1S/C17H16FNO5/c1-22-13-7-8-14(15(9-13)23-2)17(21)24-10-16(20)19-12-5-3-11(18)4-6-12/h3-9H,10H2,1-2H3,(H,19,20). The minimum atomic E-state index is -0.705. The van der Waals surface area contributed by atoms with Gasteiger partial charge in [-0.25, -0.2) is 9.18 Å². The van der Waals surface area contributed by atoms with Crippen LogP contribution in [0.2, 0.25) is 0 Å². The SMILES string of the molecule is COc1ccc(C(=O)OCC(=O)Nc2ccc(F)cc2)c(OC)c1. The molecule has 0 unspecified atom stereocenters. The van der Waals surface area contributed by atoms with E-state index in [0.717, 1.165) is 0 Å². The molecule has 1 amide bonds. The predicted molar refractivity (Wildman–Crippen MR) is 84.9 cm³/mol. The number of carbonyl (C=O) groups excluding carboxylic acids is 2. The van der Waals surface area contributed by atoms with E-state index in [1.54, 1.807) is 6.07 Å². The van der Waals surface area contributed by atoms with E-state index < -0.39 is 24.3 Å². The monoisotopic (exact) mass is 333 g/mol. The summed E-state index contributed by atoms with van der Waals surface area (Å²) >= 11 is 0. The van der Waals surface area contributed by atoms with Gasteiger partial charge in [-0.1, -0.05) is 0 Å². The van der Waals surface area contributed by atoms with Crippen molar-refractivity contribution in [2.45, 2.75) is 0 Å². The van der Waals surface area contributed by atoms with E-state index in [9.17, 15) is 14.0 Å². The van der Waals surface area contributed by atoms with Crippen LogP contribution in [0.4, 0.5) is 10.1 Å². The number of ether oxygens (including phenoxy) is 3. The second kappa shape index (κ2) is 7.96. The minimum Gasteiger partial charge on any atom is -0.497 e. The Balaban J connectivity index is 1.95. The lowest BCUT2D eigenvalue weighted by molar-refractivity contribution is -0.119. The van der Waals surface area contributed by atoms with Gasteiger partial charge in [-0.3, -0.25) is 4.79 Å². The molecule has 126 valence electrons. The number of benzene rings is 2. The molecule has 0 saturated carbocycles. The zero-order chi connectivity index (χ0) is 17.5. The summed E-state index contributed by atoms with van der Waals surface area (Å²) in [4.78, 5) is 23.8. The number of anilines is 1. The number of amides is 1. The Bertz CT molecular complexity index is 730. The predicted octanol–water partition coefficient (Wildman–Crippen LogP) is 2.64. The topological polar surface area (TPSA) is 73.9 Å². The molecule has 1 N–H and O–H groups in total. The van der Waals surface area contributed by atoms with Crippen LogP contribution in [-0.2, 0) is 9.53 Å². The summed E-state index contributed by atoms with van der Waals surface area (Å²) < 4.78 is 27.9. The van der Waals surface area contributed by atoms with Gasteiger partial charge in [0.1, 0.15) is 22.9 Å². The molecule has 0 radical (unpaired) electrons. The van der Waals surface area contributed by atoms with Crippen LogP contribution in [0.15, 0.2) is 42.5 Å². The molecule has 0 bridgehead atoms. The van der Waals surface area contributed by atoms with Crippen LogP contribution in [0.25, 0.3) is 0 Å². The highest BCUT2D eigenvalue weighted by Crippen LogP contribution is 2.25. The fourth-order valence-corrected chi connectivity index (χ4v) is 1.91. The number of carbonyl (C=O) groups is 2. The molecule has 2 aromatic carbocycles. The molecule has 0 aromatic heterocycles. The molecule has 2 rings (SSSR count). The third-order valence-electron chi connectivity index (χ3n) is 3.09. The summed E-state index contributed by atoms with van der Waals surface area (Å²) in [7, 11) is 2.90. The van der Waals surface area contributed by atoms with Crippen LogP contribution < -0.4 is 14.8 Å². The summed E-state index contributed by atoms with van der Waals surface area (Å²) in [5.41, 5.74) is 0.576. The molecular weight excluding hydrogens is 317 g/mol. The Labute approximate surface area is 138 Å². The van der Waals surface area contributed by atoms with E-state index in [-0.39, 0.29) is 11.3 Å². The summed E-state index contributed by atoms with van der Waals surface area (Å²) in [6.45, 7) is -0.481. The maximum atomic E-state index is 12.8. The van der Waals surface area contributed by atoms with Crippen LogP contribution >= 0.6 is 0 Å². The van der Waals surface area contributed by atoms with E-state index in [2.05, 4.69) is 5.32 Å². The van der Waals surface area contributed by atoms with Crippen molar-refractivity contribution in [1.29, 1.82) is 0 Å². The lowest BCUT2D eigenvalue weighted by Crippen LogP contribution is -2.21. The van der Waals surface area contributed by atoms with Crippen molar-refractivity contribution in [3.05, 3.63) is 53.8 Å². The zero-order valence-electron chi connectivity index (χ0n) is 13.2. The molecule has 0 atom stereocenters. The molecule has 0 aliphatic rings. The second-order valence-corrected chi connectivity index (χ2v) is 4.70. The van der Waals surface area contributed by atoms with E-state index in [4.69, 9.17) is 14.2 Å². The first-order valence-corrected chi connectivity index (χ1v) is 6.98. The Morgan fingerprint density at radius 2 is 1.75 bits per heavy atom. The van der Waals surface area contributed by atoms with Crippen molar-refractivity contribution < 1.29 is 28.2 Å². The fraction of sp³-hybridized carbons (Fsp3) is 0.176. The van der Waals surface area contributed by atoms with E-state index in [0.29, 0.717) is 11.4 Å². The molecular formula is C17H16FNO5. The van der Waals surface area contributed by atoms with Crippen LogP contribution in [-0.4, -0.2) is 32.7 Å². The molecule has 0 aliphatic carbocycles. The highest BCUT2D eigenvalue weighted by molar-refractivity contribution is 5.96. The van der Waals surface area contributed by atoms with Gasteiger partial charge in [0.2, 0.25) is 0 Å². The van der Waals surface area contributed by atoms with Gasteiger partial charge < -0.3 is 19.5 Å². The Hall–Kier alpha value is -3.09. The summed E-state index contributed by atoms with van der Waals surface area (Å²) in [6.07, 6.45) is 0. The summed E-state index contributed by atoms with van der Waals surface area (Å²) in [6, 6.07) is 9.83. The van der Waals surface area contributed by atoms with Crippen LogP contribution in [0, 0.1) is 5.82 Å². The first kappa shape index (κ1) is 17.3. The van der Waals surface area contributed by atoms with Crippen LogP contribution in [0.1, 0.15) is 10.4 Å². The highest BCUT2D eigenvalue weighted by atomic mass is 19.1.